The molecule has 0 radical (unpaired) electrons. The summed E-state index contributed by atoms with van der Waals surface area (Å²) < 4.78 is 41.1. The Balaban J connectivity index is 1.65. The third kappa shape index (κ3) is 4.46. The van der Waals surface area contributed by atoms with Gasteiger partial charge in [0.15, 0.2) is 0 Å². The van der Waals surface area contributed by atoms with Crippen molar-refractivity contribution >= 4 is 5.78 Å². The number of halogens is 3. The summed E-state index contributed by atoms with van der Waals surface area (Å²) >= 11 is 0. The van der Waals surface area contributed by atoms with Gasteiger partial charge in [0.1, 0.15) is 23.2 Å². The van der Waals surface area contributed by atoms with E-state index in [2.05, 4.69) is 4.90 Å². The molecular formula is C25H22F3NO. The smallest absolute Gasteiger partial charge is 0.139 e. The minimum absolute atomic E-state index is 0.110. The maximum absolute atomic E-state index is 14.1. The lowest BCUT2D eigenvalue weighted by Crippen LogP contribution is -2.43. The Hall–Kier alpha value is -2.92. The minimum atomic E-state index is -0.388. The molecule has 1 atom stereocenters. The van der Waals surface area contributed by atoms with Gasteiger partial charge < -0.3 is 0 Å². The molecule has 4 rings (SSSR count). The van der Waals surface area contributed by atoms with Crippen LogP contribution in [0.1, 0.15) is 29.0 Å². The number of rotatable bonds is 5. The average molecular weight is 409 g/mol. The molecule has 1 heterocycles. The highest BCUT2D eigenvalue weighted by atomic mass is 19.1. The predicted octanol–water partition coefficient (Wildman–Crippen LogP) is 5.33. The van der Waals surface area contributed by atoms with Gasteiger partial charge in [-0.05, 0) is 41.5 Å². The Morgan fingerprint density at radius 1 is 0.833 bits per heavy atom. The summed E-state index contributed by atoms with van der Waals surface area (Å²) in [6.45, 7) is 1.42. The number of nitrogens with zero attached hydrogens (tertiary/aromatic N) is 1. The van der Waals surface area contributed by atoms with Crippen molar-refractivity contribution < 1.29 is 18.0 Å². The van der Waals surface area contributed by atoms with Crippen LogP contribution in [-0.4, -0.2) is 23.8 Å². The van der Waals surface area contributed by atoms with Gasteiger partial charge in [-0.25, -0.2) is 13.2 Å². The van der Waals surface area contributed by atoms with E-state index < -0.39 is 0 Å². The molecule has 0 bridgehead atoms. The molecular weight excluding hydrogens is 387 g/mol. The monoisotopic (exact) mass is 409 g/mol. The van der Waals surface area contributed by atoms with E-state index in [4.69, 9.17) is 0 Å². The highest BCUT2D eigenvalue weighted by Crippen LogP contribution is 2.36. The van der Waals surface area contributed by atoms with Gasteiger partial charge in [0.05, 0.1) is 0 Å². The van der Waals surface area contributed by atoms with Crippen LogP contribution in [0.25, 0.3) is 0 Å². The fourth-order valence-electron chi connectivity index (χ4n) is 4.22. The number of hydrogen-bond acceptors (Lipinski definition) is 2. The molecule has 3 aromatic rings. The molecule has 1 fully saturated rings. The number of ketones is 1. The molecule has 0 amide bonds. The molecule has 1 unspecified atom stereocenters. The number of likely N-dealkylation sites (tertiary alicyclic amines) is 1. The van der Waals surface area contributed by atoms with E-state index in [0.717, 1.165) is 11.1 Å². The zero-order valence-electron chi connectivity index (χ0n) is 16.4. The summed E-state index contributed by atoms with van der Waals surface area (Å²) in [6, 6.07) is 18.8. The lowest BCUT2D eigenvalue weighted by Gasteiger charge is -2.36. The van der Waals surface area contributed by atoms with Gasteiger partial charge in [-0.1, -0.05) is 42.5 Å². The Labute approximate surface area is 174 Å². The third-order valence-electron chi connectivity index (χ3n) is 5.76. The molecule has 154 valence electrons. The second-order valence-corrected chi connectivity index (χ2v) is 7.73. The maximum atomic E-state index is 14.1. The molecule has 0 saturated carbocycles. The fourth-order valence-corrected chi connectivity index (χ4v) is 4.22. The second kappa shape index (κ2) is 8.84. The van der Waals surface area contributed by atoms with Crippen molar-refractivity contribution in [3.8, 4) is 0 Å². The SMILES string of the molecule is O=C1CCN(Cc2ccccc2F)CC1C(c1ccc(F)cc1)c1ccc(F)cc1. The molecule has 2 nitrogen and oxygen atoms in total. The first kappa shape index (κ1) is 20.4. The summed E-state index contributed by atoms with van der Waals surface area (Å²) in [5.41, 5.74) is 2.19. The topological polar surface area (TPSA) is 20.3 Å². The van der Waals surface area contributed by atoms with E-state index in [1.165, 1.54) is 30.3 Å². The van der Waals surface area contributed by atoms with Crippen LogP contribution in [0.15, 0.2) is 72.8 Å². The fraction of sp³-hybridized carbons (Fsp3) is 0.240. The normalized spacial score (nSPS) is 17.5. The van der Waals surface area contributed by atoms with E-state index in [1.807, 2.05) is 0 Å². The first-order valence-corrected chi connectivity index (χ1v) is 10.0. The van der Waals surface area contributed by atoms with Gasteiger partial charge in [0, 0.05) is 43.5 Å². The molecule has 1 aliphatic heterocycles. The van der Waals surface area contributed by atoms with Crippen LogP contribution >= 0.6 is 0 Å². The van der Waals surface area contributed by atoms with Gasteiger partial charge in [-0.2, -0.15) is 0 Å². The van der Waals surface area contributed by atoms with Crippen molar-refractivity contribution in [2.24, 2.45) is 5.92 Å². The molecule has 0 spiro atoms. The zero-order valence-corrected chi connectivity index (χ0v) is 16.4. The van der Waals surface area contributed by atoms with Gasteiger partial charge in [0.2, 0.25) is 0 Å². The number of hydrogen-bond donors (Lipinski definition) is 0. The van der Waals surface area contributed by atoms with Crippen molar-refractivity contribution in [1.82, 2.24) is 4.90 Å². The Morgan fingerprint density at radius 3 is 1.97 bits per heavy atom. The summed E-state index contributed by atoms with van der Waals surface area (Å²) in [7, 11) is 0. The number of Topliss-reactive ketones (excluding diaryl/α,β-unsaturated/α-hetero) is 1. The van der Waals surface area contributed by atoms with Crippen LogP contribution < -0.4 is 0 Å². The largest absolute Gasteiger partial charge is 0.299 e. The standard InChI is InChI=1S/C25H22F3NO/c26-20-9-5-17(6-10-20)25(18-7-11-21(27)12-8-18)22-16-29(14-13-24(22)30)15-19-3-1-2-4-23(19)28/h1-12,22,25H,13-16H2. The number of piperidine rings is 1. The quantitative estimate of drug-likeness (QED) is 0.568. The van der Waals surface area contributed by atoms with Crippen molar-refractivity contribution in [1.29, 1.82) is 0 Å². The van der Waals surface area contributed by atoms with Crippen molar-refractivity contribution in [3.05, 3.63) is 107 Å². The van der Waals surface area contributed by atoms with E-state index in [9.17, 15) is 18.0 Å². The number of carbonyl (C=O) groups is 1. The molecule has 30 heavy (non-hydrogen) atoms. The highest BCUT2D eigenvalue weighted by Gasteiger charge is 2.35. The van der Waals surface area contributed by atoms with Crippen LogP contribution in [0.3, 0.4) is 0 Å². The van der Waals surface area contributed by atoms with Crippen LogP contribution in [-0.2, 0) is 11.3 Å². The summed E-state index contributed by atoms with van der Waals surface area (Å²) in [6.07, 6.45) is 0.359. The van der Waals surface area contributed by atoms with E-state index >= 15 is 0 Å². The average Bonchev–Trinajstić information content (AvgIpc) is 2.75. The van der Waals surface area contributed by atoms with Gasteiger partial charge in [-0.3, -0.25) is 9.69 Å². The first-order chi connectivity index (χ1) is 14.5. The van der Waals surface area contributed by atoms with Gasteiger partial charge in [-0.15, -0.1) is 0 Å². The molecule has 5 heteroatoms. The van der Waals surface area contributed by atoms with Crippen LogP contribution in [0, 0.1) is 23.4 Å². The van der Waals surface area contributed by atoms with E-state index in [-0.39, 0.29) is 35.1 Å². The highest BCUT2D eigenvalue weighted by molar-refractivity contribution is 5.83. The first-order valence-electron chi connectivity index (χ1n) is 10.0. The molecule has 0 aliphatic carbocycles. The molecule has 0 aromatic heterocycles. The molecule has 1 aliphatic rings. The number of benzene rings is 3. The molecule has 1 saturated heterocycles. The van der Waals surface area contributed by atoms with Gasteiger partial charge >= 0.3 is 0 Å². The van der Waals surface area contributed by atoms with E-state index in [1.54, 1.807) is 42.5 Å². The third-order valence-corrected chi connectivity index (χ3v) is 5.76. The minimum Gasteiger partial charge on any atom is -0.299 e. The maximum Gasteiger partial charge on any atom is 0.139 e. The van der Waals surface area contributed by atoms with Crippen LogP contribution in [0.2, 0.25) is 0 Å². The van der Waals surface area contributed by atoms with Gasteiger partial charge in [0.25, 0.3) is 0 Å². The zero-order chi connectivity index (χ0) is 21.1. The summed E-state index contributed by atoms with van der Waals surface area (Å²) in [5.74, 6) is -1.58. The lowest BCUT2D eigenvalue weighted by molar-refractivity contribution is -0.126. The Morgan fingerprint density at radius 2 is 1.40 bits per heavy atom. The number of carbonyl (C=O) groups excluding carboxylic acids is 1. The van der Waals surface area contributed by atoms with Crippen molar-refractivity contribution in [2.75, 3.05) is 13.1 Å². The lowest BCUT2D eigenvalue weighted by atomic mass is 9.76. The van der Waals surface area contributed by atoms with E-state index in [0.29, 0.717) is 31.6 Å². The predicted molar refractivity (Wildman–Crippen MR) is 109 cm³/mol. The molecule has 0 N–H and O–H groups in total. The van der Waals surface area contributed by atoms with Crippen LogP contribution in [0.4, 0.5) is 13.2 Å². The van der Waals surface area contributed by atoms with Crippen molar-refractivity contribution in [2.45, 2.75) is 18.9 Å². The Bertz CT molecular complexity index is 972. The molecule has 3 aromatic carbocycles. The van der Waals surface area contributed by atoms with Crippen LogP contribution in [0.5, 0.6) is 0 Å². The van der Waals surface area contributed by atoms with Crippen molar-refractivity contribution in [3.63, 3.8) is 0 Å². The second-order valence-electron chi connectivity index (χ2n) is 7.73. The summed E-state index contributed by atoms with van der Waals surface area (Å²) in [4.78, 5) is 15.0. The Kier molecular flexibility index (Phi) is 6.00. The summed E-state index contributed by atoms with van der Waals surface area (Å²) in [5, 5.41) is 0.